The highest BCUT2D eigenvalue weighted by molar-refractivity contribution is 8.78. The number of piperazine rings is 1. The summed E-state index contributed by atoms with van der Waals surface area (Å²) in [6.07, 6.45) is 0.272. The van der Waals surface area contributed by atoms with Gasteiger partial charge < -0.3 is 19.3 Å². The molecule has 0 aromatic heterocycles. The zero-order chi connectivity index (χ0) is 19.2. The van der Waals surface area contributed by atoms with Crippen molar-refractivity contribution < 1.29 is 19.1 Å². The Hall–Kier alpha value is -2.05. The van der Waals surface area contributed by atoms with E-state index in [0.717, 1.165) is 5.56 Å². The van der Waals surface area contributed by atoms with Gasteiger partial charge in [-0.1, -0.05) is 33.7 Å². The Kier molecular flexibility index (Phi) is 3.20. The van der Waals surface area contributed by atoms with Gasteiger partial charge in [0.15, 0.2) is 21.2 Å². The second kappa shape index (κ2) is 5.06. The molecular weight excluding hydrogens is 386 g/mol. The average Bonchev–Trinajstić information content (AvgIpc) is 3.24. The van der Waals surface area contributed by atoms with Gasteiger partial charge in [0.05, 0.1) is 17.5 Å². The predicted molar refractivity (Wildman–Crippen MR) is 99.6 cm³/mol. The van der Waals surface area contributed by atoms with Crippen molar-refractivity contribution in [1.82, 2.24) is 9.80 Å². The third kappa shape index (κ3) is 1.81. The van der Waals surface area contributed by atoms with Crippen LogP contribution in [-0.2, 0) is 9.59 Å². The van der Waals surface area contributed by atoms with Crippen LogP contribution in [0.4, 0.5) is 0 Å². The maximum Gasteiger partial charge on any atom is 0.261 e. The molecule has 4 fully saturated rings. The fraction of sp³-hybridized carbons (Fsp3) is 0.500. The Labute approximate surface area is 164 Å². The van der Waals surface area contributed by atoms with Crippen molar-refractivity contribution >= 4 is 33.4 Å². The standard InChI is InChI=1S/C18H17N3O4S2/c1-16(8-19)7-18-15(23)20(3)17(2,26-27-18)14(22)21(18)13(16)10-5-4-6-11-12(10)25-9-24-11/h4-6,13H,7,9H2,1-3H3/t13-,16+,17?,18?/m0/s1. The van der Waals surface area contributed by atoms with E-state index in [1.54, 1.807) is 24.9 Å². The molecule has 27 heavy (non-hydrogen) atoms. The van der Waals surface area contributed by atoms with Gasteiger partial charge in [0.25, 0.3) is 11.8 Å². The van der Waals surface area contributed by atoms with Gasteiger partial charge in [-0.3, -0.25) is 9.59 Å². The molecule has 5 heterocycles. The maximum absolute atomic E-state index is 13.5. The minimum Gasteiger partial charge on any atom is -0.454 e. The molecule has 2 unspecified atom stereocenters. The maximum atomic E-state index is 13.5. The van der Waals surface area contributed by atoms with Crippen LogP contribution in [0, 0.1) is 16.7 Å². The molecule has 1 spiro atoms. The minimum absolute atomic E-state index is 0.103. The molecule has 1 aromatic carbocycles. The fourth-order valence-corrected chi connectivity index (χ4v) is 8.14. The van der Waals surface area contributed by atoms with Crippen LogP contribution in [0.25, 0.3) is 0 Å². The zero-order valence-corrected chi connectivity index (χ0v) is 16.6. The van der Waals surface area contributed by atoms with Gasteiger partial charge in [0, 0.05) is 19.0 Å². The average molecular weight is 403 g/mol. The summed E-state index contributed by atoms with van der Waals surface area (Å²) in [5.41, 5.74) is -0.215. The zero-order valence-electron chi connectivity index (χ0n) is 15.0. The molecule has 1 aromatic rings. The molecule has 2 amide bonds. The van der Waals surface area contributed by atoms with Crippen molar-refractivity contribution in [3.05, 3.63) is 23.8 Å². The number of carbonyl (C=O) groups is 2. The first-order valence-corrected chi connectivity index (χ1v) is 10.7. The summed E-state index contributed by atoms with van der Waals surface area (Å²) in [6, 6.07) is 7.30. The molecule has 4 atom stereocenters. The van der Waals surface area contributed by atoms with Gasteiger partial charge in [0.2, 0.25) is 6.79 Å². The number of hydrogen-bond acceptors (Lipinski definition) is 7. The molecule has 140 valence electrons. The van der Waals surface area contributed by atoms with Crippen molar-refractivity contribution in [2.24, 2.45) is 5.41 Å². The summed E-state index contributed by atoms with van der Waals surface area (Å²) in [5, 5.41) is 10.1. The molecule has 5 aliphatic heterocycles. The van der Waals surface area contributed by atoms with E-state index in [1.807, 2.05) is 19.1 Å². The monoisotopic (exact) mass is 403 g/mol. The van der Waals surface area contributed by atoms with Gasteiger partial charge in [-0.05, 0) is 19.9 Å². The van der Waals surface area contributed by atoms with E-state index in [0.29, 0.717) is 11.5 Å². The van der Waals surface area contributed by atoms with Crippen molar-refractivity contribution in [2.75, 3.05) is 13.8 Å². The number of rotatable bonds is 1. The highest BCUT2D eigenvalue weighted by Crippen LogP contribution is 2.70. The topological polar surface area (TPSA) is 82.9 Å². The lowest BCUT2D eigenvalue weighted by atomic mass is 9.79. The molecule has 5 aliphatic rings. The molecule has 0 radical (unpaired) electrons. The van der Waals surface area contributed by atoms with E-state index in [2.05, 4.69) is 6.07 Å². The van der Waals surface area contributed by atoms with Crippen LogP contribution in [-0.4, -0.2) is 45.2 Å². The first-order chi connectivity index (χ1) is 12.8. The molecule has 0 saturated carbocycles. The summed E-state index contributed by atoms with van der Waals surface area (Å²) in [4.78, 5) is 27.9. The first-order valence-electron chi connectivity index (χ1n) is 8.57. The van der Waals surface area contributed by atoms with Crippen LogP contribution in [0.15, 0.2) is 18.2 Å². The number of benzene rings is 1. The first kappa shape index (κ1) is 17.1. The number of nitrogens with zero attached hydrogens (tertiary/aromatic N) is 3. The van der Waals surface area contributed by atoms with Gasteiger partial charge in [-0.25, -0.2) is 0 Å². The van der Waals surface area contributed by atoms with E-state index in [4.69, 9.17) is 9.47 Å². The molecule has 0 aliphatic carbocycles. The Bertz CT molecular complexity index is 949. The number of likely N-dealkylation sites (N-methyl/N-ethyl adjacent to an activating group) is 1. The summed E-state index contributed by atoms with van der Waals surface area (Å²) < 4.78 is 11.2. The van der Waals surface area contributed by atoms with E-state index in [9.17, 15) is 14.9 Å². The van der Waals surface area contributed by atoms with Crippen LogP contribution in [0.5, 0.6) is 11.5 Å². The van der Waals surface area contributed by atoms with Gasteiger partial charge in [0.1, 0.15) is 0 Å². The van der Waals surface area contributed by atoms with Crippen LogP contribution in [0.3, 0.4) is 0 Å². The number of nitriles is 1. The lowest BCUT2D eigenvalue weighted by Crippen LogP contribution is -2.73. The second-order valence-electron chi connectivity index (χ2n) is 7.66. The van der Waals surface area contributed by atoms with E-state index >= 15 is 0 Å². The summed E-state index contributed by atoms with van der Waals surface area (Å²) >= 11 is 0. The minimum atomic E-state index is -1.08. The van der Waals surface area contributed by atoms with Gasteiger partial charge in [-0.2, -0.15) is 5.26 Å². The molecule has 0 N–H and O–H groups in total. The SMILES string of the molecule is CN1C(=O)C23C[C@](C)(C#N)[C@H](c4cccc5c4OCO5)N2C(=O)C1(C)SS3. The van der Waals surface area contributed by atoms with Crippen LogP contribution in [0.2, 0.25) is 0 Å². The van der Waals surface area contributed by atoms with Crippen molar-refractivity contribution in [3.63, 3.8) is 0 Å². The number of hydrogen-bond donors (Lipinski definition) is 0. The van der Waals surface area contributed by atoms with Crippen molar-refractivity contribution in [1.29, 1.82) is 5.26 Å². The normalized spacial score (nSPS) is 39.0. The lowest BCUT2D eigenvalue weighted by Gasteiger charge is -2.57. The summed E-state index contributed by atoms with van der Waals surface area (Å²) in [5.74, 6) is 0.884. The second-order valence-corrected chi connectivity index (χ2v) is 10.5. The largest absolute Gasteiger partial charge is 0.454 e. The van der Waals surface area contributed by atoms with Gasteiger partial charge >= 0.3 is 0 Å². The number of fused-ring (bicyclic) bond motifs is 3. The molecule has 2 bridgehead atoms. The number of amides is 2. The van der Waals surface area contributed by atoms with Gasteiger partial charge in [-0.15, -0.1) is 0 Å². The molecule has 9 heteroatoms. The fourth-order valence-electron chi connectivity index (χ4n) is 4.55. The summed E-state index contributed by atoms with van der Waals surface area (Å²) in [6.45, 7) is 3.69. The third-order valence-electron chi connectivity index (χ3n) is 6.07. The Morgan fingerprint density at radius 3 is 2.74 bits per heavy atom. The van der Waals surface area contributed by atoms with E-state index in [-0.39, 0.29) is 25.0 Å². The number of para-hydroxylation sites is 1. The Morgan fingerprint density at radius 2 is 2.00 bits per heavy atom. The highest BCUT2D eigenvalue weighted by atomic mass is 33.1. The lowest BCUT2D eigenvalue weighted by molar-refractivity contribution is -0.164. The number of carbonyl (C=O) groups excluding carboxylic acids is 2. The molecule has 6 rings (SSSR count). The summed E-state index contributed by atoms with van der Waals surface area (Å²) in [7, 11) is 4.47. The van der Waals surface area contributed by atoms with Crippen LogP contribution >= 0.6 is 21.6 Å². The van der Waals surface area contributed by atoms with Crippen molar-refractivity contribution in [3.8, 4) is 17.6 Å². The van der Waals surface area contributed by atoms with Crippen LogP contribution < -0.4 is 9.47 Å². The molecular formula is C18H17N3O4S2. The Morgan fingerprint density at radius 1 is 1.22 bits per heavy atom. The predicted octanol–water partition coefficient (Wildman–Crippen LogP) is 2.50. The van der Waals surface area contributed by atoms with Crippen molar-refractivity contribution in [2.45, 2.75) is 36.1 Å². The highest BCUT2D eigenvalue weighted by Gasteiger charge is 2.75. The van der Waals surface area contributed by atoms with E-state index in [1.165, 1.54) is 26.5 Å². The smallest absolute Gasteiger partial charge is 0.261 e. The molecule has 7 nitrogen and oxygen atoms in total. The van der Waals surface area contributed by atoms with Crippen LogP contribution in [0.1, 0.15) is 31.9 Å². The Balaban J connectivity index is 1.75. The third-order valence-corrected chi connectivity index (χ3v) is 9.77. The van der Waals surface area contributed by atoms with E-state index < -0.39 is 21.2 Å². The quantitative estimate of drug-likeness (QED) is 0.666. The number of ether oxygens (including phenoxy) is 2. The molecule has 4 saturated heterocycles.